The summed E-state index contributed by atoms with van der Waals surface area (Å²) < 4.78 is 5.53. The maximum absolute atomic E-state index is 12.6. The highest BCUT2D eigenvalue weighted by Gasteiger charge is 2.18. The number of carbonyl (C=O) groups excluding carboxylic acids is 1. The monoisotopic (exact) mass is 338 g/mol. The molecule has 0 saturated heterocycles. The maximum atomic E-state index is 12.6. The average molecular weight is 338 g/mol. The summed E-state index contributed by atoms with van der Waals surface area (Å²) in [5.41, 5.74) is 2.60. The molecule has 0 aliphatic rings. The van der Waals surface area contributed by atoms with E-state index in [9.17, 15) is 9.90 Å². The minimum Gasteiger partial charge on any atom is -0.389 e. The number of likely N-dealkylation sites (N-methyl/N-ethyl adjacent to an activating group) is 1. The molecule has 0 aliphatic carbocycles. The molecular weight excluding hydrogens is 316 g/mol. The number of nitrogens with one attached hydrogen (secondary N) is 1. The van der Waals surface area contributed by atoms with E-state index in [0.29, 0.717) is 12.2 Å². The van der Waals surface area contributed by atoms with Gasteiger partial charge in [-0.3, -0.25) is 4.79 Å². The summed E-state index contributed by atoms with van der Waals surface area (Å²) in [6.45, 7) is 0.841. The van der Waals surface area contributed by atoms with Crippen LogP contribution < -0.4 is 0 Å². The molecule has 1 heterocycles. The SMILES string of the molecule is CN(CC(O)COCc1ccccc1)C(=O)c1cccc2[nH]ccc12. The van der Waals surface area contributed by atoms with Crippen molar-refractivity contribution in [1.82, 2.24) is 9.88 Å². The number of hydrogen-bond acceptors (Lipinski definition) is 3. The summed E-state index contributed by atoms with van der Waals surface area (Å²) in [6, 6.07) is 17.2. The van der Waals surface area contributed by atoms with Crippen LogP contribution >= 0.6 is 0 Å². The molecule has 1 aromatic heterocycles. The standard InChI is InChI=1S/C20H22N2O3/c1-22(12-16(23)14-25-13-15-6-3-2-4-7-15)20(24)18-8-5-9-19-17(18)10-11-21-19/h2-11,16,21,23H,12-14H2,1H3. The second kappa shape index (κ2) is 7.96. The number of aliphatic hydroxyl groups is 1. The quantitative estimate of drug-likeness (QED) is 0.696. The van der Waals surface area contributed by atoms with Crippen molar-refractivity contribution in [3.63, 3.8) is 0 Å². The zero-order chi connectivity index (χ0) is 17.6. The fourth-order valence-electron chi connectivity index (χ4n) is 2.82. The van der Waals surface area contributed by atoms with E-state index < -0.39 is 6.10 Å². The number of ether oxygens (including phenoxy) is 1. The molecule has 2 N–H and O–H groups in total. The molecule has 0 saturated carbocycles. The number of aliphatic hydroxyl groups excluding tert-OH is 1. The number of carbonyl (C=O) groups is 1. The Bertz CT molecular complexity index is 829. The van der Waals surface area contributed by atoms with Gasteiger partial charge in [0.1, 0.15) is 0 Å². The Morgan fingerprint density at radius 2 is 1.96 bits per heavy atom. The molecule has 3 rings (SSSR count). The number of benzene rings is 2. The van der Waals surface area contributed by atoms with Gasteiger partial charge in [-0.2, -0.15) is 0 Å². The third kappa shape index (κ3) is 4.26. The van der Waals surface area contributed by atoms with Crippen LogP contribution in [0.5, 0.6) is 0 Å². The molecule has 0 aliphatic heterocycles. The lowest BCUT2D eigenvalue weighted by atomic mass is 10.1. The van der Waals surface area contributed by atoms with E-state index in [1.807, 2.05) is 54.7 Å². The number of fused-ring (bicyclic) bond motifs is 1. The van der Waals surface area contributed by atoms with Gasteiger partial charge in [0.15, 0.2) is 0 Å². The van der Waals surface area contributed by atoms with Crippen LogP contribution in [0.1, 0.15) is 15.9 Å². The van der Waals surface area contributed by atoms with Gasteiger partial charge in [0.05, 0.1) is 19.3 Å². The molecule has 1 atom stereocenters. The molecule has 2 aromatic carbocycles. The number of H-pyrrole nitrogens is 1. The van der Waals surface area contributed by atoms with Crippen molar-refractivity contribution in [2.75, 3.05) is 20.2 Å². The zero-order valence-corrected chi connectivity index (χ0v) is 14.2. The number of amides is 1. The lowest BCUT2D eigenvalue weighted by molar-refractivity contribution is 0.0137. The number of nitrogens with zero attached hydrogens (tertiary/aromatic N) is 1. The molecular formula is C20H22N2O3. The van der Waals surface area contributed by atoms with Crippen LogP contribution in [0.3, 0.4) is 0 Å². The van der Waals surface area contributed by atoms with E-state index in [4.69, 9.17) is 4.74 Å². The minimum absolute atomic E-state index is 0.118. The number of aromatic amines is 1. The first-order valence-electron chi connectivity index (χ1n) is 8.26. The molecule has 5 heteroatoms. The van der Waals surface area contributed by atoms with Gasteiger partial charge in [-0.1, -0.05) is 36.4 Å². The van der Waals surface area contributed by atoms with E-state index in [-0.39, 0.29) is 19.1 Å². The number of hydrogen-bond donors (Lipinski definition) is 2. The third-order valence-electron chi connectivity index (χ3n) is 4.08. The number of aromatic nitrogens is 1. The van der Waals surface area contributed by atoms with Gasteiger partial charge in [-0.05, 0) is 23.8 Å². The van der Waals surface area contributed by atoms with Crippen LogP contribution in [-0.4, -0.2) is 47.2 Å². The smallest absolute Gasteiger partial charge is 0.254 e. The van der Waals surface area contributed by atoms with Gasteiger partial charge in [0, 0.05) is 36.3 Å². The Labute approximate surface area is 146 Å². The topological polar surface area (TPSA) is 65.6 Å². The highest BCUT2D eigenvalue weighted by atomic mass is 16.5. The van der Waals surface area contributed by atoms with Crippen LogP contribution in [0.25, 0.3) is 10.9 Å². The van der Waals surface area contributed by atoms with Crippen molar-refractivity contribution in [3.05, 3.63) is 71.9 Å². The van der Waals surface area contributed by atoms with Crippen molar-refractivity contribution >= 4 is 16.8 Å². The highest BCUT2D eigenvalue weighted by Crippen LogP contribution is 2.18. The predicted molar refractivity (Wildman–Crippen MR) is 97.4 cm³/mol. The van der Waals surface area contributed by atoms with E-state index in [1.54, 1.807) is 13.1 Å². The Morgan fingerprint density at radius 1 is 1.16 bits per heavy atom. The van der Waals surface area contributed by atoms with Gasteiger partial charge in [0.2, 0.25) is 0 Å². The highest BCUT2D eigenvalue weighted by molar-refractivity contribution is 6.06. The lowest BCUT2D eigenvalue weighted by Crippen LogP contribution is -2.36. The van der Waals surface area contributed by atoms with E-state index in [0.717, 1.165) is 16.5 Å². The first-order valence-corrected chi connectivity index (χ1v) is 8.26. The van der Waals surface area contributed by atoms with Crippen molar-refractivity contribution in [2.45, 2.75) is 12.7 Å². The Morgan fingerprint density at radius 3 is 2.76 bits per heavy atom. The Kier molecular flexibility index (Phi) is 5.48. The number of rotatable bonds is 7. The maximum Gasteiger partial charge on any atom is 0.254 e. The molecule has 0 bridgehead atoms. The summed E-state index contributed by atoms with van der Waals surface area (Å²) in [5.74, 6) is -0.118. The molecule has 25 heavy (non-hydrogen) atoms. The zero-order valence-electron chi connectivity index (χ0n) is 14.2. The third-order valence-corrected chi connectivity index (χ3v) is 4.08. The molecule has 130 valence electrons. The summed E-state index contributed by atoms with van der Waals surface area (Å²) in [5, 5.41) is 11.0. The molecule has 3 aromatic rings. The van der Waals surface area contributed by atoms with Crippen LogP contribution in [0, 0.1) is 0 Å². The largest absolute Gasteiger partial charge is 0.389 e. The summed E-state index contributed by atoms with van der Waals surface area (Å²) >= 11 is 0. The summed E-state index contributed by atoms with van der Waals surface area (Å²) in [7, 11) is 1.69. The van der Waals surface area contributed by atoms with Crippen molar-refractivity contribution in [2.24, 2.45) is 0 Å². The van der Waals surface area contributed by atoms with Crippen LogP contribution in [0.2, 0.25) is 0 Å². The predicted octanol–water partition coefficient (Wildman–Crippen LogP) is 2.82. The van der Waals surface area contributed by atoms with Crippen LogP contribution in [0.4, 0.5) is 0 Å². The van der Waals surface area contributed by atoms with Crippen molar-refractivity contribution in [1.29, 1.82) is 0 Å². The molecule has 0 spiro atoms. The molecule has 0 radical (unpaired) electrons. The summed E-state index contributed by atoms with van der Waals surface area (Å²) in [6.07, 6.45) is 1.08. The molecule has 1 unspecified atom stereocenters. The Balaban J connectivity index is 1.53. The van der Waals surface area contributed by atoms with Gasteiger partial charge in [0.25, 0.3) is 5.91 Å². The first-order chi connectivity index (χ1) is 12.1. The van der Waals surface area contributed by atoms with E-state index in [1.165, 1.54) is 4.90 Å². The van der Waals surface area contributed by atoms with Gasteiger partial charge in [-0.15, -0.1) is 0 Å². The lowest BCUT2D eigenvalue weighted by Gasteiger charge is -2.21. The summed E-state index contributed by atoms with van der Waals surface area (Å²) in [4.78, 5) is 17.3. The van der Waals surface area contributed by atoms with Crippen molar-refractivity contribution < 1.29 is 14.6 Å². The molecule has 0 fully saturated rings. The van der Waals surface area contributed by atoms with Gasteiger partial charge in [-0.25, -0.2) is 0 Å². The van der Waals surface area contributed by atoms with E-state index >= 15 is 0 Å². The molecule has 5 nitrogen and oxygen atoms in total. The first kappa shape index (κ1) is 17.2. The fourth-order valence-corrected chi connectivity index (χ4v) is 2.82. The Hall–Kier alpha value is -2.63. The molecule has 1 amide bonds. The second-order valence-electron chi connectivity index (χ2n) is 6.08. The fraction of sp³-hybridized carbons (Fsp3) is 0.250. The minimum atomic E-state index is -0.733. The van der Waals surface area contributed by atoms with Gasteiger partial charge >= 0.3 is 0 Å². The van der Waals surface area contributed by atoms with E-state index in [2.05, 4.69) is 4.98 Å². The van der Waals surface area contributed by atoms with Crippen LogP contribution in [0.15, 0.2) is 60.8 Å². The second-order valence-corrected chi connectivity index (χ2v) is 6.08. The van der Waals surface area contributed by atoms with Crippen molar-refractivity contribution in [3.8, 4) is 0 Å². The van der Waals surface area contributed by atoms with Gasteiger partial charge < -0.3 is 19.7 Å². The normalized spacial score (nSPS) is 12.2. The average Bonchev–Trinajstić information content (AvgIpc) is 3.10. The van der Waals surface area contributed by atoms with Crippen LogP contribution in [-0.2, 0) is 11.3 Å².